The van der Waals surface area contributed by atoms with Crippen LogP contribution in [0.4, 0.5) is 0 Å². The van der Waals surface area contributed by atoms with E-state index < -0.39 is 0 Å². The lowest BCUT2D eigenvalue weighted by atomic mass is 10.2. The third-order valence-electron chi connectivity index (χ3n) is 5.32. The number of aliphatic imine (C=N–C) groups is 1. The van der Waals surface area contributed by atoms with Gasteiger partial charge in [0, 0.05) is 59.0 Å². The molecule has 2 aliphatic rings. The van der Waals surface area contributed by atoms with Gasteiger partial charge in [-0.25, -0.2) is 0 Å². The van der Waals surface area contributed by atoms with Gasteiger partial charge in [0.2, 0.25) is 0 Å². The number of guanidine groups is 1. The summed E-state index contributed by atoms with van der Waals surface area (Å²) in [7, 11) is 1.79. The van der Waals surface area contributed by atoms with Crippen LogP contribution >= 0.6 is 0 Å². The maximum atomic E-state index is 12.5. The van der Waals surface area contributed by atoms with Crippen molar-refractivity contribution in [3.63, 3.8) is 0 Å². The van der Waals surface area contributed by atoms with Gasteiger partial charge in [0.15, 0.2) is 11.6 Å². The molecular weight excluding hydrogens is 358 g/mol. The van der Waals surface area contributed by atoms with Crippen molar-refractivity contribution in [2.24, 2.45) is 4.99 Å². The van der Waals surface area contributed by atoms with Crippen molar-refractivity contribution in [2.75, 3.05) is 46.4 Å². The number of carbonyl (C=O) groups excluding carboxylic acids is 1. The fourth-order valence-electron chi connectivity index (χ4n) is 3.79. The predicted molar refractivity (Wildman–Crippen MR) is 105 cm³/mol. The van der Waals surface area contributed by atoms with Crippen LogP contribution < -0.4 is 5.32 Å². The zero-order valence-corrected chi connectivity index (χ0v) is 16.3. The lowest BCUT2D eigenvalue weighted by molar-refractivity contribution is -0.142. The van der Waals surface area contributed by atoms with E-state index in [2.05, 4.69) is 25.4 Å². The normalized spacial score (nSPS) is 20.8. The molecule has 9 nitrogen and oxygen atoms in total. The Hall–Kier alpha value is -2.68. The van der Waals surface area contributed by atoms with E-state index in [1.807, 2.05) is 33.7 Å². The van der Waals surface area contributed by atoms with Crippen molar-refractivity contribution < 1.29 is 9.53 Å². The number of piperazine rings is 1. The highest BCUT2D eigenvalue weighted by Crippen LogP contribution is 2.16. The first-order valence-corrected chi connectivity index (χ1v) is 9.91. The van der Waals surface area contributed by atoms with Crippen molar-refractivity contribution in [1.82, 2.24) is 29.7 Å². The summed E-state index contributed by atoms with van der Waals surface area (Å²) in [6.07, 6.45) is 4.32. The van der Waals surface area contributed by atoms with Gasteiger partial charge in [-0.3, -0.25) is 14.2 Å². The van der Waals surface area contributed by atoms with Crippen molar-refractivity contribution in [2.45, 2.75) is 25.4 Å². The molecule has 2 aromatic rings. The lowest BCUT2D eigenvalue weighted by Crippen LogP contribution is -2.55. The second-order valence-corrected chi connectivity index (χ2v) is 7.08. The smallest absolute Gasteiger partial charge is 0.251 e. The van der Waals surface area contributed by atoms with Crippen molar-refractivity contribution in [1.29, 1.82) is 0 Å². The third-order valence-corrected chi connectivity index (χ3v) is 5.32. The molecule has 28 heavy (non-hydrogen) atoms. The number of rotatable bonds is 4. The van der Waals surface area contributed by atoms with E-state index >= 15 is 0 Å². The molecule has 0 bridgehead atoms. The van der Waals surface area contributed by atoms with Gasteiger partial charge < -0.3 is 19.9 Å². The Bertz CT molecular complexity index is 836. The van der Waals surface area contributed by atoms with Crippen LogP contribution in [0.15, 0.2) is 29.4 Å². The molecule has 0 spiro atoms. The van der Waals surface area contributed by atoms with Crippen molar-refractivity contribution in [3.05, 3.63) is 30.2 Å². The summed E-state index contributed by atoms with van der Waals surface area (Å²) in [6, 6.07) is 5.88. The molecule has 0 aromatic carbocycles. The number of fused-ring (bicyclic) bond motifs is 1. The Morgan fingerprint density at radius 3 is 2.82 bits per heavy atom. The molecule has 4 rings (SSSR count). The number of nitrogens with one attached hydrogen (secondary N) is 1. The van der Waals surface area contributed by atoms with E-state index in [1.165, 1.54) is 0 Å². The van der Waals surface area contributed by atoms with E-state index in [1.54, 1.807) is 7.05 Å². The highest BCUT2D eigenvalue weighted by Gasteiger charge is 2.30. The van der Waals surface area contributed by atoms with Gasteiger partial charge in [-0.1, -0.05) is 6.07 Å². The van der Waals surface area contributed by atoms with Crippen LogP contribution in [0.1, 0.15) is 18.7 Å². The van der Waals surface area contributed by atoms with Crippen LogP contribution in [-0.2, 0) is 16.0 Å². The van der Waals surface area contributed by atoms with Gasteiger partial charge in [-0.2, -0.15) is 0 Å². The Labute approximate surface area is 164 Å². The van der Waals surface area contributed by atoms with Gasteiger partial charge >= 0.3 is 0 Å². The Balaban J connectivity index is 1.26. The highest BCUT2D eigenvalue weighted by atomic mass is 16.5. The van der Waals surface area contributed by atoms with Crippen molar-refractivity contribution in [3.8, 4) is 0 Å². The Morgan fingerprint density at radius 2 is 2.07 bits per heavy atom. The average molecular weight is 385 g/mol. The van der Waals surface area contributed by atoms with Crippen LogP contribution in [-0.4, -0.2) is 88.7 Å². The molecule has 2 aromatic heterocycles. The minimum Gasteiger partial charge on any atom is -0.368 e. The van der Waals surface area contributed by atoms with Gasteiger partial charge in [0.05, 0.1) is 0 Å². The van der Waals surface area contributed by atoms with Gasteiger partial charge in [0.25, 0.3) is 5.91 Å². The number of hydrogen-bond donors (Lipinski definition) is 1. The largest absolute Gasteiger partial charge is 0.368 e. The van der Waals surface area contributed by atoms with E-state index in [4.69, 9.17) is 4.74 Å². The number of amides is 1. The zero-order chi connectivity index (χ0) is 19.3. The topological polar surface area (TPSA) is 87.4 Å². The number of aromatic nitrogens is 3. The molecule has 0 radical (unpaired) electrons. The molecule has 1 unspecified atom stereocenters. The van der Waals surface area contributed by atoms with Crippen LogP contribution in [0.25, 0.3) is 5.65 Å². The lowest BCUT2D eigenvalue weighted by Gasteiger charge is -2.37. The summed E-state index contributed by atoms with van der Waals surface area (Å²) >= 11 is 0. The molecule has 4 heterocycles. The number of pyridine rings is 1. The fraction of sp³-hybridized carbons (Fsp3) is 0.579. The summed E-state index contributed by atoms with van der Waals surface area (Å²) < 4.78 is 7.53. The van der Waals surface area contributed by atoms with E-state index in [9.17, 15) is 4.79 Å². The number of nitrogens with zero attached hydrogens (tertiary/aromatic N) is 6. The maximum absolute atomic E-state index is 12.5. The van der Waals surface area contributed by atoms with E-state index in [0.717, 1.165) is 56.3 Å². The molecule has 1 amide bonds. The highest BCUT2D eigenvalue weighted by molar-refractivity contribution is 5.82. The Morgan fingerprint density at radius 1 is 1.25 bits per heavy atom. The molecule has 2 fully saturated rings. The van der Waals surface area contributed by atoms with Crippen LogP contribution in [0.2, 0.25) is 0 Å². The first-order valence-electron chi connectivity index (χ1n) is 9.91. The number of carbonyl (C=O) groups is 1. The summed E-state index contributed by atoms with van der Waals surface area (Å²) in [6.45, 7) is 4.37. The van der Waals surface area contributed by atoms with Crippen LogP contribution in [0, 0.1) is 0 Å². The minimum atomic E-state index is -0.234. The Kier molecular flexibility index (Phi) is 5.70. The number of ether oxygens (including phenoxy) is 1. The SMILES string of the molecule is CN=C(NCCc1nnc2ccccn12)N1CCN(C(=O)C2CCCO2)CC1. The molecule has 0 aliphatic carbocycles. The molecular formula is C19H27N7O2. The molecule has 1 atom stereocenters. The van der Waals surface area contributed by atoms with Gasteiger partial charge in [-0.05, 0) is 25.0 Å². The molecule has 150 valence electrons. The molecule has 9 heteroatoms. The summed E-state index contributed by atoms with van der Waals surface area (Å²) in [5, 5.41) is 11.8. The summed E-state index contributed by atoms with van der Waals surface area (Å²) in [4.78, 5) is 21.0. The fourth-order valence-corrected chi connectivity index (χ4v) is 3.79. The number of hydrogen-bond acceptors (Lipinski definition) is 5. The summed E-state index contributed by atoms with van der Waals surface area (Å²) in [5.41, 5.74) is 0.855. The van der Waals surface area contributed by atoms with Crippen molar-refractivity contribution >= 4 is 17.5 Å². The molecule has 2 aliphatic heterocycles. The molecule has 2 saturated heterocycles. The second-order valence-electron chi connectivity index (χ2n) is 7.08. The predicted octanol–water partition coefficient (Wildman–Crippen LogP) is 0.170. The first-order chi connectivity index (χ1) is 13.8. The summed E-state index contributed by atoms with van der Waals surface area (Å²) in [5.74, 6) is 1.92. The van der Waals surface area contributed by atoms with Gasteiger partial charge in [-0.15, -0.1) is 10.2 Å². The second kappa shape index (κ2) is 8.55. The van der Waals surface area contributed by atoms with Gasteiger partial charge in [0.1, 0.15) is 11.9 Å². The molecule has 1 N–H and O–H groups in total. The van der Waals surface area contributed by atoms with Crippen LogP contribution in [0.3, 0.4) is 0 Å². The van der Waals surface area contributed by atoms with E-state index in [0.29, 0.717) is 19.7 Å². The standard InChI is InChI=1S/C19H27N7O2/c1-20-19(21-8-7-17-23-22-16-6-2-3-9-26(16)17)25-12-10-24(11-13-25)18(27)15-5-4-14-28-15/h2-3,6,9,15H,4-5,7-8,10-14H2,1H3,(H,20,21). The minimum absolute atomic E-state index is 0.138. The maximum Gasteiger partial charge on any atom is 0.251 e. The quantitative estimate of drug-likeness (QED) is 0.596. The third kappa shape index (κ3) is 3.94. The zero-order valence-electron chi connectivity index (χ0n) is 16.3. The monoisotopic (exact) mass is 385 g/mol. The average Bonchev–Trinajstić information content (AvgIpc) is 3.41. The molecule has 0 saturated carbocycles. The first kappa shape index (κ1) is 18.7. The van der Waals surface area contributed by atoms with Crippen LogP contribution in [0.5, 0.6) is 0 Å². The van der Waals surface area contributed by atoms with E-state index in [-0.39, 0.29) is 12.0 Å².